The quantitative estimate of drug-likeness (QED) is 0.838. The van der Waals surface area contributed by atoms with E-state index in [4.69, 9.17) is 0 Å². The smallest absolute Gasteiger partial charge is 0.0841 e. The maximum atomic E-state index is 10.3. The lowest BCUT2D eigenvalue weighted by Gasteiger charge is -2.35. The average molecular weight is 394 g/mol. The summed E-state index contributed by atoms with van der Waals surface area (Å²) in [5.74, 6) is 0.675. The van der Waals surface area contributed by atoms with Crippen LogP contribution in [0.25, 0.3) is 0 Å². The van der Waals surface area contributed by atoms with E-state index in [1.165, 1.54) is 23.4 Å². The van der Waals surface area contributed by atoms with Gasteiger partial charge in [-0.3, -0.25) is 0 Å². The number of rotatable bonds is 5. The van der Waals surface area contributed by atoms with Crippen LogP contribution in [0.3, 0.4) is 0 Å². The summed E-state index contributed by atoms with van der Waals surface area (Å²) in [5, 5.41) is 10.3. The number of benzene rings is 2. The Balaban J connectivity index is 1.44. The van der Waals surface area contributed by atoms with Crippen molar-refractivity contribution in [3.63, 3.8) is 0 Å². The lowest BCUT2D eigenvalue weighted by molar-refractivity contribution is 0.0786. The van der Waals surface area contributed by atoms with Gasteiger partial charge in [-0.1, -0.05) is 30.3 Å². The van der Waals surface area contributed by atoms with E-state index in [9.17, 15) is 5.11 Å². The van der Waals surface area contributed by atoms with Crippen molar-refractivity contribution in [1.82, 2.24) is 4.90 Å². The van der Waals surface area contributed by atoms with E-state index in [0.29, 0.717) is 5.92 Å². The molecule has 2 aromatic carbocycles. The molecule has 156 valence electrons. The first kappa shape index (κ1) is 20.2. The van der Waals surface area contributed by atoms with E-state index in [0.717, 1.165) is 51.3 Å². The molecule has 0 saturated carbocycles. The monoisotopic (exact) mass is 393 g/mol. The molecule has 0 aromatic heterocycles. The van der Waals surface area contributed by atoms with Crippen molar-refractivity contribution in [2.75, 3.05) is 56.1 Å². The molecule has 2 aliphatic heterocycles. The van der Waals surface area contributed by atoms with Gasteiger partial charge >= 0.3 is 0 Å². The highest BCUT2D eigenvalue weighted by Gasteiger charge is 2.26. The molecule has 2 aliphatic rings. The van der Waals surface area contributed by atoms with Crippen LogP contribution in [-0.2, 0) is 12.0 Å². The van der Waals surface area contributed by atoms with E-state index in [-0.39, 0.29) is 0 Å². The van der Waals surface area contributed by atoms with Gasteiger partial charge in [-0.15, -0.1) is 0 Å². The highest BCUT2D eigenvalue weighted by molar-refractivity contribution is 5.55. The van der Waals surface area contributed by atoms with Gasteiger partial charge in [0.15, 0.2) is 0 Å². The first-order valence-electron chi connectivity index (χ1n) is 11.0. The third-order valence-electron chi connectivity index (χ3n) is 6.55. The summed E-state index contributed by atoms with van der Waals surface area (Å²) in [7, 11) is 2.21. The molecule has 0 aliphatic carbocycles. The van der Waals surface area contributed by atoms with Gasteiger partial charge in [-0.25, -0.2) is 0 Å². The summed E-state index contributed by atoms with van der Waals surface area (Å²) in [5.41, 5.74) is 4.35. The molecule has 1 unspecified atom stereocenters. The van der Waals surface area contributed by atoms with Crippen molar-refractivity contribution in [1.29, 1.82) is 0 Å². The Bertz CT molecular complexity index is 821. The molecule has 4 rings (SSSR count). The second-order valence-corrected chi connectivity index (χ2v) is 9.33. The number of para-hydroxylation sites is 1. The zero-order valence-corrected chi connectivity index (χ0v) is 18.1. The fourth-order valence-corrected chi connectivity index (χ4v) is 4.67. The summed E-state index contributed by atoms with van der Waals surface area (Å²) in [4.78, 5) is 7.46. The number of hydrogen-bond acceptors (Lipinski definition) is 4. The van der Waals surface area contributed by atoms with Gasteiger partial charge in [0.25, 0.3) is 0 Å². The molecule has 0 amide bonds. The molecule has 2 aromatic rings. The fraction of sp³-hybridized carbons (Fsp3) is 0.520. The molecule has 4 heteroatoms. The van der Waals surface area contributed by atoms with E-state index < -0.39 is 5.60 Å². The molecular weight excluding hydrogens is 358 g/mol. The third kappa shape index (κ3) is 4.76. The van der Waals surface area contributed by atoms with Crippen molar-refractivity contribution < 1.29 is 5.11 Å². The lowest BCUT2D eigenvalue weighted by Crippen LogP contribution is -2.44. The van der Waals surface area contributed by atoms with Gasteiger partial charge in [-0.05, 0) is 69.0 Å². The summed E-state index contributed by atoms with van der Waals surface area (Å²) < 4.78 is 0. The predicted octanol–water partition coefficient (Wildman–Crippen LogP) is 3.73. The zero-order chi connectivity index (χ0) is 20.4. The molecule has 2 heterocycles. The van der Waals surface area contributed by atoms with Crippen LogP contribution < -0.4 is 9.80 Å². The number of piperazine rings is 1. The second kappa shape index (κ2) is 8.37. The maximum Gasteiger partial charge on any atom is 0.0841 e. The van der Waals surface area contributed by atoms with E-state index >= 15 is 0 Å². The predicted molar refractivity (Wildman–Crippen MR) is 122 cm³/mol. The standard InChI is InChI=1S/C25H35N3O/c1-25(2,29)22-8-6-9-23(18-22)28-12-11-20(19-28)17-21-7-4-5-10-24(21)27-15-13-26(3)14-16-27/h4-10,18,20,29H,11-17,19H2,1-3H3. The van der Waals surface area contributed by atoms with Crippen LogP contribution in [0, 0.1) is 5.92 Å². The molecule has 2 fully saturated rings. The Labute approximate surface area is 175 Å². The van der Waals surface area contributed by atoms with Gasteiger partial charge in [0, 0.05) is 50.6 Å². The highest BCUT2D eigenvalue weighted by atomic mass is 16.3. The number of aliphatic hydroxyl groups is 1. The highest BCUT2D eigenvalue weighted by Crippen LogP contribution is 2.31. The molecule has 1 atom stereocenters. The van der Waals surface area contributed by atoms with E-state index in [1.54, 1.807) is 0 Å². The lowest BCUT2D eigenvalue weighted by atomic mass is 9.96. The number of nitrogens with zero attached hydrogens (tertiary/aromatic N) is 3. The third-order valence-corrected chi connectivity index (χ3v) is 6.55. The summed E-state index contributed by atoms with van der Waals surface area (Å²) in [6, 6.07) is 17.4. The topological polar surface area (TPSA) is 30.0 Å². The van der Waals surface area contributed by atoms with Crippen LogP contribution in [0.1, 0.15) is 31.4 Å². The summed E-state index contributed by atoms with van der Waals surface area (Å²) >= 11 is 0. The average Bonchev–Trinajstić information content (AvgIpc) is 3.17. The van der Waals surface area contributed by atoms with E-state index in [1.807, 2.05) is 19.9 Å². The minimum absolute atomic E-state index is 0.675. The molecule has 0 bridgehead atoms. The van der Waals surface area contributed by atoms with Crippen LogP contribution in [0.2, 0.25) is 0 Å². The Morgan fingerprint density at radius 1 is 0.931 bits per heavy atom. The largest absolute Gasteiger partial charge is 0.386 e. The van der Waals surface area contributed by atoms with Crippen molar-refractivity contribution in [2.24, 2.45) is 5.92 Å². The van der Waals surface area contributed by atoms with Gasteiger partial charge < -0.3 is 19.8 Å². The maximum absolute atomic E-state index is 10.3. The first-order chi connectivity index (χ1) is 13.9. The van der Waals surface area contributed by atoms with Gasteiger partial charge in [0.2, 0.25) is 0 Å². The Hall–Kier alpha value is -2.04. The molecule has 1 N–H and O–H groups in total. The Kier molecular flexibility index (Phi) is 5.84. The molecule has 0 radical (unpaired) electrons. The molecule has 0 spiro atoms. The second-order valence-electron chi connectivity index (χ2n) is 9.33. The van der Waals surface area contributed by atoms with Crippen LogP contribution in [0.4, 0.5) is 11.4 Å². The molecule has 4 nitrogen and oxygen atoms in total. The minimum Gasteiger partial charge on any atom is -0.386 e. The Morgan fingerprint density at radius 2 is 1.69 bits per heavy atom. The number of likely N-dealkylation sites (N-methyl/N-ethyl adjacent to an activating group) is 1. The summed E-state index contributed by atoms with van der Waals surface area (Å²) in [6.07, 6.45) is 2.37. The van der Waals surface area contributed by atoms with Crippen LogP contribution in [0.15, 0.2) is 48.5 Å². The van der Waals surface area contributed by atoms with E-state index in [2.05, 4.69) is 64.2 Å². The normalized spacial score (nSPS) is 21.0. The SMILES string of the molecule is CN1CCN(c2ccccc2CC2CCN(c3cccc(C(C)(C)O)c3)C2)CC1. The molecule has 2 saturated heterocycles. The number of hydrogen-bond donors (Lipinski definition) is 1. The van der Waals surface area contributed by atoms with Crippen molar-refractivity contribution in [3.05, 3.63) is 59.7 Å². The van der Waals surface area contributed by atoms with Crippen LogP contribution in [0.5, 0.6) is 0 Å². The zero-order valence-electron chi connectivity index (χ0n) is 18.1. The minimum atomic E-state index is -0.795. The molecule has 29 heavy (non-hydrogen) atoms. The fourth-order valence-electron chi connectivity index (χ4n) is 4.67. The van der Waals surface area contributed by atoms with Crippen molar-refractivity contribution in [2.45, 2.75) is 32.3 Å². The van der Waals surface area contributed by atoms with Gasteiger partial charge in [0.05, 0.1) is 5.60 Å². The molecular formula is C25H35N3O. The first-order valence-corrected chi connectivity index (χ1v) is 11.0. The van der Waals surface area contributed by atoms with Gasteiger partial charge in [0.1, 0.15) is 0 Å². The Morgan fingerprint density at radius 3 is 2.45 bits per heavy atom. The van der Waals surface area contributed by atoms with Crippen LogP contribution in [-0.4, -0.2) is 56.3 Å². The summed E-state index contributed by atoms with van der Waals surface area (Å²) in [6.45, 7) is 10.4. The van der Waals surface area contributed by atoms with Gasteiger partial charge in [-0.2, -0.15) is 0 Å². The number of anilines is 2. The van der Waals surface area contributed by atoms with Crippen molar-refractivity contribution >= 4 is 11.4 Å². The van der Waals surface area contributed by atoms with Crippen LogP contribution >= 0.6 is 0 Å². The van der Waals surface area contributed by atoms with Crippen molar-refractivity contribution in [3.8, 4) is 0 Å².